The summed E-state index contributed by atoms with van der Waals surface area (Å²) in [6.07, 6.45) is -0.889. The highest BCUT2D eigenvalue weighted by atomic mass is 19.4. The van der Waals surface area contributed by atoms with Crippen molar-refractivity contribution >= 4 is 23.8 Å². The number of carbonyl (C=O) groups is 2. The fraction of sp³-hybridized carbons (Fsp3) is 0.182. The van der Waals surface area contributed by atoms with Crippen molar-refractivity contribution in [3.05, 3.63) is 65.6 Å². The molecule has 0 spiro atoms. The highest BCUT2D eigenvalue weighted by Crippen LogP contribution is 2.24. The van der Waals surface area contributed by atoms with E-state index in [-0.39, 0.29) is 5.91 Å². The Morgan fingerprint density at radius 2 is 1.94 bits per heavy atom. The highest BCUT2D eigenvalue weighted by molar-refractivity contribution is 5.97. The monoisotopic (exact) mass is 475 g/mol. The van der Waals surface area contributed by atoms with Gasteiger partial charge in [-0.25, -0.2) is 4.79 Å². The van der Waals surface area contributed by atoms with Crippen molar-refractivity contribution in [3.8, 4) is 17.0 Å². The topological polar surface area (TPSA) is 129 Å². The van der Waals surface area contributed by atoms with Crippen LogP contribution in [0.1, 0.15) is 21.7 Å². The Hall–Kier alpha value is -4.35. The van der Waals surface area contributed by atoms with E-state index < -0.39 is 12.1 Å². The largest absolute Gasteiger partial charge is 0.497 e. The molecule has 0 saturated carbocycles. The Kier molecular flexibility index (Phi) is 7.51. The highest BCUT2D eigenvalue weighted by Gasteiger charge is 2.38. The van der Waals surface area contributed by atoms with E-state index in [0.29, 0.717) is 17.8 Å². The summed E-state index contributed by atoms with van der Waals surface area (Å²) in [7, 11) is 1.63. The number of halogens is 3. The summed E-state index contributed by atoms with van der Waals surface area (Å²) >= 11 is 0. The summed E-state index contributed by atoms with van der Waals surface area (Å²) in [5, 5.41) is 14.2. The summed E-state index contributed by atoms with van der Waals surface area (Å²) in [5.74, 6) is -1.99. The number of H-pyrrole nitrogens is 1. The van der Waals surface area contributed by atoms with Crippen molar-refractivity contribution in [1.29, 1.82) is 0 Å². The third-order valence-corrected chi connectivity index (χ3v) is 4.62. The van der Waals surface area contributed by atoms with Gasteiger partial charge >= 0.3 is 12.1 Å². The maximum Gasteiger partial charge on any atom is 0.490 e. The molecule has 2 aromatic heterocycles. The van der Waals surface area contributed by atoms with E-state index in [4.69, 9.17) is 14.6 Å². The quantitative estimate of drug-likeness (QED) is 0.331. The number of ether oxygens (including phenoxy) is 1. The van der Waals surface area contributed by atoms with E-state index >= 15 is 0 Å². The summed E-state index contributed by atoms with van der Waals surface area (Å²) < 4.78 is 36.9. The van der Waals surface area contributed by atoms with Gasteiger partial charge in [0.05, 0.1) is 30.3 Å². The van der Waals surface area contributed by atoms with E-state index in [2.05, 4.69) is 25.8 Å². The number of carboxylic acids is 1. The SMILES string of the molecule is COc1ccc(N/N=C/c2cc(-c3cc4c([nH]3)CCNC4=O)ccn2)cc1.O=C(O)C(F)(F)F. The molecular formula is C22H20F3N5O4. The minimum absolute atomic E-state index is 0.0294. The van der Waals surface area contributed by atoms with Gasteiger partial charge in [-0.1, -0.05) is 0 Å². The first-order valence-electron chi connectivity index (χ1n) is 9.87. The summed E-state index contributed by atoms with van der Waals surface area (Å²) in [6, 6.07) is 13.2. The van der Waals surface area contributed by atoms with Gasteiger partial charge in [0.2, 0.25) is 0 Å². The molecule has 1 amide bonds. The number of rotatable bonds is 5. The van der Waals surface area contributed by atoms with Crippen LogP contribution in [0.5, 0.6) is 5.75 Å². The Bertz CT molecular complexity index is 1190. The zero-order valence-corrected chi connectivity index (χ0v) is 17.8. The van der Waals surface area contributed by atoms with Crippen LogP contribution in [0.15, 0.2) is 53.8 Å². The zero-order valence-electron chi connectivity index (χ0n) is 17.8. The number of hydrazone groups is 1. The average molecular weight is 475 g/mol. The minimum Gasteiger partial charge on any atom is -0.497 e. The van der Waals surface area contributed by atoms with Gasteiger partial charge in [-0.3, -0.25) is 15.2 Å². The second-order valence-electron chi connectivity index (χ2n) is 6.95. The zero-order chi connectivity index (χ0) is 24.7. The molecule has 4 rings (SSSR count). The van der Waals surface area contributed by atoms with Gasteiger partial charge in [0, 0.05) is 36.1 Å². The number of nitrogens with one attached hydrogen (secondary N) is 3. The van der Waals surface area contributed by atoms with E-state index in [1.807, 2.05) is 42.5 Å². The molecule has 178 valence electrons. The Morgan fingerprint density at radius 3 is 2.56 bits per heavy atom. The number of benzene rings is 1. The van der Waals surface area contributed by atoms with Crippen molar-refractivity contribution < 1.29 is 32.6 Å². The van der Waals surface area contributed by atoms with Crippen LogP contribution in [0.3, 0.4) is 0 Å². The lowest BCUT2D eigenvalue weighted by atomic mass is 10.1. The molecule has 0 radical (unpaired) electrons. The summed E-state index contributed by atoms with van der Waals surface area (Å²) in [5.41, 5.74) is 8.07. The number of aromatic amines is 1. The second kappa shape index (κ2) is 10.5. The molecule has 0 bridgehead atoms. The smallest absolute Gasteiger partial charge is 0.490 e. The average Bonchev–Trinajstić information content (AvgIpc) is 3.26. The number of hydrogen-bond donors (Lipinski definition) is 4. The van der Waals surface area contributed by atoms with Crippen molar-refractivity contribution in [2.75, 3.05) is 19.1 Å². The number of anilines is 1. The van der Waals surface area contributed by atoms with E-state index in [1.54, 1.807) is 19.5 Å². The van der Waals surface area contributed by atoms with Crippen LogP contribution in [0, 0.1) is 0 Å². The molecule has 0 aliphatic carbocycles. The third kappa shape index (κ3) is 6.34. The maximum absolute atomic E-state index is 11.9. The molecule has 1 aliphatic heterocycles. The van der Waals surface area contributed by atoms with Gasteiger partial charge in [0.1, 0.15) is 5.75 Å². The van der Waals surface area contributed by atoms with Gasteiger partial charge in [0.15, 0.2) is 0 Å². The number of aromatic nitrogens is 2. The van der Waals surface area contributed by atoms with Crippen LogP contribution in [0.4, 0.5) is 18.9 Å². The molecule has 3 heterocycles. The number of pyridine rings is 1. The van der Waals surface area contributed by atoms with Crippen molar-refractivity contribution in [2.45, 2.75) is 12.6 Å². The van der Waals surface area contributed by atoms with Gasteiger partial charge in [0.25, 0.3) is 5.91 Å². The van der Waals surface area contributed by atoms with Crippen LogP contribution in [-0.2, 0) is 11.2 Å². The lowest BCUT2D eigenvalue weighted by molar-refractivity contribution is -0.192. The molecule has 1 aromatic carbocycles. The summed E-state index contributed by atoms with van der Waals surface area (Å²) in [6.45, 7) is 0.664. The number of carbonyl (C=O) groups excluding carboxylic acids is 1. The Labute approximate surface area is 191 Å². The molecular weight excluding hydrogens is 455 g/mol. The summed E-state index contributed by atoms with van der Waals surface area (Å²) in [4.78, 5) is 28.5. The normalized spacial score (nSPS) is 12.9. The van der Waals surface area contributed by atoms with E-state index in [9.17, 15) is 18.0 Å². The van der Waals surface area contributed by atoms with E-state index in [0.717, 1.165) is 34.8 Å². The number of aliphatic carboxylic acids is 1. The molecule has 1 aliphatic rings. The van der Waals surface area contributed by atoms with Crippen molar-refractivity contribution in [2.24, 2.45) is 5.10 Å². The standard InChI is InChI=1S/C20H19N5O2.C2HF3O2/c1-27-16-4-2-14(3-5-16)25-23-12-15-10-13(6-8-21-15)19-11-17-18(24-19)7-9-22-20(17)26;3-2(4,5)1(6)7/h2-6,8,10-12,24-25H,7,9H2,1H3,(H,22,26);(H,6,7)/b23-12+;. The molecule has 9 nitrogen and oxygen atoms in total. The predicted molar refractivity (Wildman–Crippen MR) is 118 cm³/mol. The van der Waals surface area contributed by atoms with Gasteiger partial charge in [-0.05, 0) is 42.5 Å². The first-order valence-corrected chi connectivity index (χ1v) is 9.87. The molecule has 0 unspecified atom stereocenters. The fourth-order valence-electron chi connectivity index (χ4n) is 2.97. The van der Waals surface area contributed by atoms with Crippen LogP contribution >= 0.6 is 0 Å². The predicted octanol–water partition coefficient (Wildman–Crippen LogP) is 3.45. The van der Waals surface area contributed by atoms with Crippen molar-refractivity contribution in [1.82, 2.24) is 15.3 Å². The van der Waals surface area contributed by atoms with Crippen LogP contribution in [0.25, 0.3) is 11.3 Å². The van der Waals surface area contributed by atoms with Crippen LogP contribution in [-0.4, -0.2) is 53.0 Å². The Morgan fingerprint density at radius 1 is 1.24 bits per heavy atom. The van der Waals surface area contributed by atoms with Crippen molar-refractivity contribution in [3.63, 3.8) is 0 Å². The van der Waals surface area contributed by atoms with Crippen LogP contribution < -0.4 is 15.5 Å². The number of methoxy groups -OCH3 is 1. The van der Waals surface area contributed by atoms with Gasteiger partial charge in [-0.15, -0.1) is 0 Å². The number of hydrogen-bond acceptors (Lipinski definition) is 6. The molecule has 3 aromatic rings. The molecule has 0 fully saturated rings. The number of fused-ring (bicyclic) bond motifs is 1. The molecule has 34 heavy (non-hydrogen) atoms. The number of alkyl halides is 3. The van der Waals surface area contributed by atoms with Gasteiger partial charge in [-0.2, -0.15) is 18.3 Å². The number of nitrogens with zero attached hydrogens (tertiary/aromatic N) is 2. The molecule has 0 atom stereocenters. The van der Waals surface area contributed by atoms with E-state index in [1.165, 1.54) is 0 Å². The number of amides is 1. The Balaban J connectivity index is 0.000000406. The fourth-order valence-corrected chi connectivity index (χ4v) is 2.97. The lowest BCUT2D eigenvalue weighted by Gasteiger charge is -2.10. The number of carboxylic acid groups (broad SMARTS) is 1. The lowest BCUT2D eigenvalue weighted by Crippen LogP contribution is -2.31. The minimum atomic E-state index is -5.08. The molecule has 4 N–H and O–H groups in total. The maximum atomic E-state index is 11.9. The third-order valence-electron chi connectivity index (χ3n) is 4.62. The first kappa shape index (κ1) is 24.3. The van der Waals surface area contributed by atoms with Crippen LogP contribution in [0.2, 0.25) is 0 Å². The molecule has 12 heteroatoms. The second-order valence-corrected chi connectivity index (χ2v) is 6.95. The first-order chi connectivity index (χ1) is 16.2. The molecule has 0 saturated heterocycles. The van der Waals surface area contributed by atoms with Gasteiger partial charge < -0.3 is 20.1 Å².